The quantitative estimate of drug-likeness (QED) is 0.344. The minimum atomic E-state index is 0.121. The molecule has 1 aliphatic carbocycles. The first-order chi connectivity index (χ1) is 15.6. The third kappa shape index (κ3) is 3.36. The molecular formula is C26H28N4O2. The molecule has 2 aromatic heterocycles. The Morgan fingerprint density at radius 1 is 0.656 bits per heavy atom. The zero-order chi connectivity index (χ0) is 22.2. The number of benzene rings is 2. The second-order valence-corrected chi connectivity index (χ2v) is 8.72. The summed E-state index contributed by atoms with van der Waals surface area (Å²) in [4.78, 5) is 0. The molecule has 0 radical (unpaired) electrons. The van der Waals surface area contributed by atoms with E-state index in [0.29, 0.717) is 11.4 Å². The highest BCUT2D eigenvalue weighted by atomic mass is 16.5. The lowest BCUT2D eigenvalue weighted by Crippen LogP contribution is -2.30. The third-order valence-electron chi connectivity index (χ3n) is 6.86. The molecule has 0 saturated heterocycles. The van der Waals surface area contributed by atoms with Crippen LogP contribution >= 0.6 is 0 Å². The summed E-state index contributed by atoms with van der Waals surface area (Å²) in [5.74, 6) is 0. The summed E-state index contributed by atoms with van der Waals surface area (Å²) in [6.07, 6.45) is 7.55. The molecule has 0 spiro atoms. The molecule has 0 N–H and O–H groups in total. The normalized spacial score (nSPS) is 18.7. The highest BCUT2D eigenvalue weighted by Crippen LogP contribution is 2.40. The molecule has 6 nitrogen and oxygen atoms in total. The van der Waals surface area contributed by atoms with Crippen LogP contribution < -0.4 is 9.46 Å². The minimum absolute atomic E-state index is 0.121. The SMILES string of the molecule is Cc1c(-c2ccccc2)[n+]([O-])cn1[C@@H]1CCCC[C@H]1n1c[n+]([O-])c(-c2ccccc2)c1C. The maximum absolute atomic E-state index is 12.9. The largest absolute Gasteiger partial charge is 0.710 e. The molecule has 1 saturated carbocycles. The molecule has 6 heteroatoms. The van der Waals surface area contributed by atoms with Crippen LogP contribution in [-0.2, 0) is 0 Å². The second-order valence-electron chi connectivity index (χ2n) is 8.72. The highest BCUT2D eigenvalue weighted by Gasteiger charge is 2.39. The van der Waals surface area contributed by atoms with Crippen LogP contribution in [0.4, 0.5) is 0 Å². The topological polar surface area (TPSA) is 63.7 Å². The lowest BCUT2D eigenvalue weighted by molar-refractivity contribution is -0.594. The van der Waals surface area contributed by atoms with Gasteiger partial charge in [0.2, 0.25) is 12.7 Å². The van der Waals surface area contributed by atoms with Crippen molar-refractivity contribution in [2.45, 2.75) is 51.6 Å². The maximum Gasteiger partial charge on any atom is 0.247 e. The standard InChI is InChI=1S/C26H28N4O2/c1-19-25(21-11-5-3-6-12-21)29(31)17-27(19)23-15-9-10-16-24(23)28-18-30(32)26(20(28)2)22-13-7-4-8-14-22/h3-8,11-14,17-18,23-24H,9-10,15-16H2,1-2H3/t23-,24-/m1/s1. The van der Waals surface area contributed by atoms with E-state index in [2.05, 4.69) is 9.13 Å². The van der Waals surface area contributed by atoms with E-state index in [1.165, 1.54) is 0 Å². The van der Waals surface area contributed by atoms with E-state index in [1.807, 2.05) is 74.5 Å². The monoisotopic (exact) mass is 428 g/mol. The van der Waals surface area contributed by atoms with Crippen molar-refractivity contribution in [3.8, 4) is 22.5 Å². The molecule has 5 rings (SSSR count). The van der Waals surface area contributed by atoms with Gasteiger partial charge in [-0.05, 0) is 25.7 Å². The van der Waals surface area contributed by atoms with Crippen molar-refractivity contribution in [2.24, 2.45) is 0 Å². The van der Waals surface area contributed by atoms with Gasteiger partial charge in [-0.1, -0.05) is 60.7 Å². The highest BCUT2D eigenvalue weighted by molar-refractivity contribution is 5.59. The van der Waals surface area contributed by atoms with Gasteiger partial charge in [-0.15, -0.1) is 0 Å². The molecule has 0 amide bonds. The summed E-state index contributed by atoms with van der Waals surface area (Å²) in [6.45, 7) is 4.04. The lowest BCUT2D eigenvalue weighted by Gasteiger charge is -2.28. The molecule has 0 bridgehead atoms. The molecule has 1 aliphatic rings. The van der Waals surface area contributed by atoms with Crippen LogP contribution in [-0.4, -0.2) is 9.13 Å². The van der Waals surface area contributed by atoms with E-state index in [4.69, 9.17) is 0 Å². The van der Waals surface area contributed by atoms with Crippen molar-refractivity contribution in [1.29, 1.82) is 0 Å². The fourth-order valence-corrected chi connectivity index (χ4v) is 5.35. The summed E-state index contributed by atoms with van der Waals surface area (Å²) in [5, 5.41) is 25.8. The van der Waals surface area contributed by atoms with Gasteiger partial charge in [-0.25, -0.2) is 18.6 Å². The molecule has 0 aliphatic heterocycles. The smallest absolute Gasteiger partial charge is 0.247 e. The van der Waals surface area contributed by atoms with Gasteiger partial charge < -0.3 is 10.4 Å². The van der Waals surface area contributed by atoms with E-state index in [1.54, 1.807) is 12.7 Å². The van der Waals surface area contributed by atoms with Crippen LogP contribution in [0, 0.1) is 24.3 Å². The molecule has 0 unspecified atom stereocenters. The fraction of sp³-hybridized carbons (Fsp3) is 0.308. The minimum Gasteiger partial charge on any atom is -0.710 e. The Balaban J connectivity index is 1.57. The van der Waals surface area contributed by atoms with Crippen molar-refractivity contribution in [3.05, 3.63) is 95.1 Å². The van der Waals surface area contributed by atoms with Crippen LogP contribution in [0.5, 0.6) is 0 Å². The predicted octanol–water partition coefficient (Wildman–Crippen LogP) is 4.86. The van der Waals surface area contributed by atoms with Crippen molar-refractivity contribution < 1.29 is 9.46 Å². The number of imidazole rings is 2. The predicted molar refractivity (Wildman–Crippen MR) is 124 cm³/mol. The summed E-state index contributed by atoms with van der Waals surface area (Å²) in [7, 11) is 0. The van der Waals surface area contributed by atoms with Gasteiger partial charge in [-0.2, -0.15) is 0 Å². The summed E-state index contributed by atoms with van der Waals surface area (Å²) < 4.78 is 6.25. The fourth-order valence-electron chi connectivity index (χ4n) is 5.35. The molecule has 4 aromatic rings. The van der Waals surface area contributed by atoms with E-state index < -0.39 is 0 Å². The van der Waals surface area contributed by atoms with Gasteiger partial charge in [-0.3, -0.25) is 0 Å². The number of hydrogen-bond acceptors (Lipinski definition) is 2. The van der Waals surface area contributed by atoms with Crippen LogP contribution in [0.2, 0.25) is 0 Å². The van der Waals surface area contributed by atoms with Crippen LogP contribution in [0.25, 0.3) is 22.5 Å². The Bertz CT molecular complexity index is 1130. The summed E-state index contributed by atoms with van der Waals surface area (Å²) in [5.41, 5.74) is 5.17. The second kappa shape index (κ2) is 8.19. The molecule has 32 heavy (non-hydrogen) atoms. The van der Waals surface area contributed by atoms with Gasteiger partial charge in [0, 0.05) is 25.0 Å². The Morgan fingerprint density at radius 3 is 1.41 bits per heavy atom. The number of aromatic nitrogens is 4. The molecule has 2 heterocycles. The average molecular weight is 429 g/mol. The van der Waals surface area contributed by atoms with E-state index in [0.717, 1.165) is 57.7 Å². The Kier molecular flexibility index (Phi) is 5.21. The van der Waals surface area contributed by atoms with Crippen LogP contribution in [0.1, 0.15) is 49.2 Å². The van der Waals surface area contributed by atoms with Gasteiger partial charge in [0.25, 0.3) is 0 Å². The summed E-state index contributed by atoms with van der Waals surface area (Å²) >= 11 is 0. The van der Waals surface area contributed by atoms with E-state index >= 15 is 0 Å². The first-order valence-corrected chi connectivity index (χ1v) is 11.3. The summed E-state index contributed by atoms with van der Waals surface area (Å²) in [6, 6.07) is 19.9. The van der Waals surface area contributed by atoms with Crippen LogP contribution in [0.3, 0.4) is 0 Å². The molecule has 2 atom stereocenters. The van der Waals surface area contributed by atoms with Crippen LogP contribution in [0.15, 0.2) is 73.3 Å². The molecule has 2 aromatic carbocycles. The maximum atomic E-state index is 12.9. The first kappa shape index (κ1) is 20.4. The lowest BCUT2D eigenvalue weighted by atomic mass is 9.89. The van der Waals surface area contributed by atoms with Crippen molar-refractivity contribution in [1.82, 2.24) is 9.13 Å². The first-order valence-electron chi connectivity index (χ1n) is 11.3. The van der Waals surface area contributed by atoms with Crippen molar-refractivity contribution in [2.75, 3.05) is 0 Å². The zero-order valence-corrected chi connectivity index (χ0v) is 18.5. The van der Waals surface area contributed by atoms with Gasteiger partial charge in [0.15, 0.2) is 11.4 Å². The van der Waals surface area contributed by atoms with Gasteiger partial charge in [0.1, 0.15) is 23.5 Å². The molecule has 164 valence electrons. The molecular weight excluding hydrogens is 400 g/mol. The number of nitrogens with zero attached hydrogens (tertiary/aromatic N) is 4. The Morgan fingerprint density at radius 2 is 1.03 bits per heavy atom. The van der Waals surface area contributed by atoms with E-state index in [-0.39, 0.29) is 12.1 Å². The third-order valence-corrected chi connectivity index (χ3v) is 6.86. The van der Waals surface area contributed by atoms with E-state index in [9.17, 15) is 10.4 Å². The van der Waals surface area contributed by atoms with Gasteiger partial charge >= 0.3 is 0 Å². The van der Waals surface area contributed by atoms with Gasteiger partial charge in [0.05, 0.1) is 0 Å². The number of hydrogen-bond donors (Lipinski definition) is 0. The Labute approximate surface area is 188 Å². The number of rotatable bonds is 4. The Hall–Kier alpha value is -3.54. The van der Waals surface area contributed by atoms with Crippen molar-refractivity contribution >= 4 is 0 Å². The zero-order valence-electron chi connectivity index (χ0n) is 18.5. The average Bonchev–Trinajstić information content (AvgIpc) is 3.29. The molecule has 1 fully saturated rings. The van der Waals surface area contributed by atoms with Crippen molar-refractivity contribution in [3.63, 3.8) is 0 Å².